The van der Waals surface area contributed by atoms with E-state index in [0.717, 1.165) is 70.5 Å². The Morgan fingerprint density at radius 3 is 2.67 bits per heavy atom. The Hall–Kier alpha value is -4.01. The Morgan fingerprint density at radius 1 is 0.972 bits per heavy atom. The van der Waals surface area contributed by atoms with E-state index in [1.807, 2.05) is 36.4 Å². The van der Waals surface area contributed by atoms with Crippen LogP contribution < -0.4 is 20.5 Å². The van der Waals surface area contributed by atoms with Crippen molar-refractivity contribution in [2.45, 2.75) is 19.6 Å². The van der Waals surface area contributed by atoms with Crippen molar-refractivity contribution < 1.29 is 19.0 Å². The molecule has 0 unspecified atom stereocenters. The zero-order chi connectivity index (χ0) is 24.5. The fourth-order valence-corrected chi connectivity index (χ4v) is 4.77. The molecule has 3 N–H and O–H groups in total. The molecule has 8 nitrogen and oxygen atoms in total. The van der Waals surface area contributed by atoms with Crippen molar-refractivity contribution in [3.05, 3.63) is 93.7 Å². The first kappa shape index (κ1) is 22.5. The van der Waals surface area contributed by atoms with E-state index in [4.69, 9.17) is 13.9 Å². The predicted molar refractivity (Wildman–Crippen MR) is 137 cm³/mol. The van der Waals surface area contributed by atoms with Crippen molar-refractivity contribution in [3.63, 3.8) is 0 Å². The van der Waals surface area contributed by atoms with Gasteiger partial charge in [-0.1, -0.05) is 12.1 Å². The minimum absolute atomic E-state index is 0.108. The van der Waals surface area contributed by atoms with Crippen LogP contribution in [0.15, 0.2) is 69.9 Å². The Kier molecular flexibility index (Phi) is 5.96. The van der Waals surface area contributed by atoms with Gasteiger partial charge >= 0.3 is 0 Å². The second-order valence-electron chi connectivity index (χ2n) is 8.99. The van der Waals surface area contributed by atoms with Crippen molar-refractivity contribution in [2.24, 2.45) is 0 Å². The third-order valence-electron chi connectivity index (χ3n) is 6.59. The number of ether oxygens (including phenoxy) is 2. The lowest BCUT2D eigenvalue weighted by molar-refractivity contribution is 0.122. The number of nitrogens with zero attached hydrogens (tertiary/aromatic N) is 1. The third kappa shape index (κ3) is 4.48. The van der Waals surface area contributed by atoms with Crippen LogP contribution >= 0.6 is 0 Å². The lowest BCUT2D eigenvalue weighted by Crippen LogP contribution is -2.36. The SMILES string of the molecule is O=c1cc(N2CCOCC2)cc(-c2cccc3c2Oc2ccc(NCc4ccc(CO)o4)cc2C3)[nH]1. The van der Waals surface area contributed by atoms with E-state index in [-0.39, 0.29) is 12.2 Å². The molecule has 4 aromatic rings. The molecule has 0 aliphatic carbocycles. The molecule has 0 saturated carbocycles. The molecule has 1 saturated heterocycles. The largest absolute Gasteiger partial charge is 0.462 e. The molecule has 0 atom stereocenters. The summed E-state index contributed by atoms with van der Waals surface area (Å²) in [7, 11) is 0. The number of hydrogen-bond acceptors (Lipinski definition) is 7. The number of para-hydroxylation sites is 1. The lowest BCUT2D eigenvalue weighted by Gasteiger charge is -2.29. The normalized spacial score (nSPS) is 14.6. The number of aliphatic hydroxyl groups excluding tert-OH is 1. The number of aliphatic hydroxyl groups is 1. The highest BCUT2D eigenvalue weighted by atomic mass is 16.5. The quantitative estimate of drug-likeness (QED) is 0.330. The molecule has 4 heterocycles. The van der Waals surface area contributed by atoms with Crippen LogP contribution in [0.25, 0.3) is 11.3 Å². The highest BCUT2D eigenvalue weighted by Gasteiger charge is 2.22. The average molecular weight is 486 g/mol. The van der Waals surface area contributed by atoms with E-state index in [2.05, 4.69) is 27.3 Å². The van der Waals surface area contributed by atoms with E-state index < -0.39 is 0 Å². The predicted octanol–water partition coefficient (Wildman–Crippen LogP) is 4.27. The van der Waals surface area contributed by atoms with Gasteiger partial charge in [-0.2, -0.15) is 0 Å². The maximum Gasteiger partial charge on any atom is 0.250 e. The zero-order valence-corrected chi connectivity index (χ0v) is 19.8. The van der Waals surface area contributed by atoms with E-state index in [1.54, 1.807) is 12.1 Å². The monoisotopic (exact) mass is 485 g/mol. The number of hydrogen-bond donors (Lipinski definition) is 3. The molecule has 0 spiro atoms. The van der Waals surface area contributed by atoms with E-state index >= 15 is 0 Å². The molecular formula is C28H27N3O5. The number of rotatable bonds is 6. The number of aromatic nitrogens is 1. The summed E-state index contributed by atoms with van der Waals surface area (Å²) in [6.45, 7) is 3.25. The zero-order valence-electron chi connectivity index (χ0n) is 19.8. The topological polar surface area (TPSA) is 100.0 Å². The molecule has 36 heavy (non-hydrogen) atoms. The van der Waals surface area contributed by atoms with Crippen LogP contribution in [0.4, 0.5) is 11.4 Å². The van der Waals surface area contributed by atoms with Crippen molar-refractivity contribution >= 4 is 11.4 Å². The van der Waals surface area contributed by atoms with Crippen LogP contribution in [-0.2, 0) is 24.3 Å². The summed E-state index contributed by atoms with van der Waals surface area (Å²) in [5.41, 5.74) is 5.46. The second kappa shape index (κ2) is 9.56. The summed E-state index contributed by atoms with van der Waals surface area (Å²) in [6, 6.07) is 19.4. The average Bonchev–Trinajstić information content (AvgIpc) is 3.38. The molecule has 1 fully saturated rings. The molecule has 0 amide bonds. The van der Waals surface area contributed by atoms with E-state index in [9.17, 15) is 9.90 Å². The van der Waals surface area contributed by atoms with Gasteiger partial charge in [0.1, 0.15) is 29.6 Å². The molecule has 184 valence electrons. The molecule has 0 radical (unpaired) electrons. The van der Waals surface area contributed by atoms with Crippen LogP contribution in [0.3, 0.4) is 0 Å². The third-order valence-corrected chi connectivity index (χ3v) is 6.59. The van der Waals surface area contributed by atoms with Crippen LogP contribution in [0.5, 0.6) is 11.5 Å². The van der Waals surface area contributed by atoms with E-state index in [0.29, 0.717) is 25.5 Å². The second-order valence-corrected chi connectivity index (χ2v) is 8.99. The van der Waals surface area contributed by atoms with Gasteiger partial charge in [-0.25, -0.2) is 0 Å². The molecule has 6 rings (SSSR count). The molecule has 8 heteroatoms. The van der Waals surface area contributed by atoms with Crippen LogP contribution in [0.2, 0.25) is 0 Å². The minimum atomic E-state index is -0.138. The molecule has 0 bridgehead atoms. The van der Waals surface area contributed by atoms with Gasteiger partial charge in [0.15, 0.2) is 0 Å². The van der Waals surface area contributed by atoms with Gasteiger partial charge in [-0.15, -0.1) is 0 Å². The lowest BCUT2D eigenvalue weighted by atomic mass is 9.96. The number of fused-ring (bicyclic) bond motifs is 2. The van der Waals surface area contributed by atoms with Crippen molar-refractivity contribution in [1.29, 1.82) is 0 Å². The maximum absolute atomic E-state index is 12.5. The van der Waals surface area contributed by atoms with Crippen LogP contribution in [0.1, 0.15) is 22.6 Å². The minimum Gasteiger partial charge on any atom is -0.462 e. The molecule has 2 aromatic heterocycles. The first-order chi connectivity index (χ1) is 17.7. The highest BCUT2D eigenvalue weighted by molar-refractivity contribution is 5.74. The number of anilines is 2. The number of aromatic amines is 1. The first-order valence-electron chi connectivity index (χ1n) is 12.1. The van der Waals surface area contributed by atoms with Crippen molar-refractivity contribution in [3.8, 4) is 22.8 Å². The summed E-state index contributed by atoms with van der Waals surface area (Å²) < 4.78 is 17.4. The summed E-state index contributed by atoms with van der Waals surface area (Å²) in [5, 5.41) is 12.5. The van der Waals surface area contributed by atoms with Crippen LogP contribution in [0, 0.1) is 0 Å². The smallest absolute Gasteiger partial charge is 0.250 e. The maximum atomic E-state index is 12.5. The van der Waals surface area contributed by atoms with Crippen molar-refractivity contribution in [2.75, 3.05) is 36.5 Å². The van der Waals surface area contributed by atoms with Gasteiger partial charge in [0.2, 0.25) is 5.56 Å². The van der Waals surface area contributed by atoms with Crippen LogP contribution in [-0.4, -0.2) is 36.4 Å². The van der Waals surface area contributed by atoms with Crippen molar-refractivity contribution in [1.82, 2.24) is 4.98 Å². The van der Waals surface area contributed by atoms with Gasteiger partial charge in [0, 0.05) is 48.1 Å². The fourth-order valence-electron chi connectivity index (χ4n) is 4.77. The summed E-state index contributed by atoms with van der Waals surface area (Å²) in [4.78, 5) is 17.7. The van der Waals surface area contributed by atoms with Gasteiger partial charge in [0.05, 0.1) is 25.5 Å². The molecule has 2 aliphatic rings. The number of nitrogens with one attached hydrogen (secondary N) is 2. The standard InChI is InChI=1S/C28H27N3O5/c32-17-23-6-5-22(35-23)16-29-20-4-7-26-19(13-20)12-18-2-1-3-24(28(18)36-26)25-14-21(15-27(33)30-25)31-8-10-34-11-9-31/h1-7,13-15,29,32H,8-12,16-17H2,(H,30,33). The number of H-pyrrole nitrogens is 1. The Bertz CT molecular complexity index is 1450. The Balaban J connectivity index is 1.25. The molecular weight excluding hydrogens is 458 g/mol. The number of benzene rings is 2. The molecule has 2 aliphatic heterocycles. The van der Waals surface area contributed by atoms with Gasteiger partial charge < -0.3 is 34.2 Å². The van der Waals surface area contributed by atoms with Gasteiger partial charge in [-0.3, -0.25) is 4.79 Å². The van der Waals surface area contributed by atoms with Gasteiger partial charge in [-0.05, 0) is 48.0 Å². The van der Waals surface area contributed by atoms with Gasteiger partial charge in [0.25, 0.3) is 0 Å². The molecule has 2 aromatic carbocycles. The Labute approximate surface area is 208 Å². The highest BCUT2D eigenvalue weighted by Crippen LogP contribution is 2.43. The number of morpholine rings is 1. The van der Waals surface area contributed by atoms with E-state index in [1.165, 1.54) is 0 Å². The summed E-state index contributed by atoms with van der Waals surface area (Å²) >= 11 is 0. The fraction of sp³-hybridized carbons (Fsp3) is 0.250. The number of pyridine rings is 1. The Morgan fingerprint density at radius 2 is 1.83 bits per heavy atom. The number of furan rings is 1. The summed E-state index contributed by atoms with van der Waals surface area (Å²) in [6.07, 6.45) is 0.719. The first-order valence-corrected chi connectivity index (χ1v) is 12.1. The summed E-state index contributed by atoms with van der Waals surface area (Å²) in [5.74, 6) is 2.88.